The fourth-order valence-electron chi connectivity index (χ4n) is 1.97. The van der Waals surface area contributed by atoms with Gasteiger partial charge in [0.2, 0.25) is 5.91 Å². The van der Waals surface area contributed by atoms with E-state index in [1.165, 1.54) is 9.13 Å². The summed E-state index contributed by atoms with van der Waals surface area (Å²) in [6, 6.07) is 8.30. The van der Waals surface area contributed by atoms with Crippen molar-refractivity contribution in [2.45, 2.75) is 18.9 Å². The molecule has 16 heavy (non-hydrogen) atoms. The molecule has 0 aliphatic carbocycles. The van der Waals surface area contributed by atoms with Crippen LogP contribution in [0.4, 0.5) is 0 Å². The Morgan fingerprint density at radius 1 is 1.56 bits per heavy atom. The van der Waals surface area contributed by atoms with Gasteiger partial charge in [-0.15, -0.1) is 0 Å². The summed E-state index contributed by atoms with van der Waals surface area (Å²) in [5.74, 6) is -0.0284. The van der Waals surface area contributed by atoms with E-state index in [2.05, 4.69) is 46.1 Å². The Balaban J connectivity index is 2.11. The number of carbonyl (C=O) groups excluding carboxylic acids is 1. The lowest BCUT2D eigenvalue weighted by Crippen LogP contribution is -2.56. The highest BCUT2D eigenvalue weighted by molar-refractivity contribution is 14.1. The van der Waals surface area contributed by atoms with E-state index < -0.39 is 0 Å². The highest BCUT2D eigenvalue weighted by Crippen LogP contribution is 2.18. The first-order valence-corrected chi connectivity index (χ1v) is 6.28. The van der Waals surface area contributed by atoms with E-state index in [-0.39, 0.29) is 18.1 Å². The molecule has 0 spiro atoms. The van der Waals surface area contributed by atoms with Crippen molar-refractivity contribution in [3.63, 3.8) is 0 Å². The number of benzene rings is 1. The predicted molar refractivity (Wildman–Crippen MR) is 70.2 cm³/mol. The van der Waals surface area contributed by atoms with Gasteiger partial charge in [0.25, 0.3) is 0 Å². The van der Waals surface area contributed by atoms with Crippen molar-refractivity contribution in [3.8, 4) is 0 Å². The Labute approximate surface area is 109 Å². The number of halogens is 1. The van der Waals surface area contributed by atoms with Crippen LogP contribution in [0.1, 0.15) is 12.5 Å². The van der Waals surface area contributed by atoms with E-state index >= 15 is 0 Å². The molecule has 0 bridgehead atoms. The van der Waals surface area contributed by atoms with Gasteiger partial charge in [-0.05, 0) is 53.6 Å². The van der Waals surface area contributed by atoms with E-state index in [4.69, 9.17) is 4.74 Å². The summed E-state index contributed by atoms with van der Waals surface area (Å²) in [6.07, 6.45) is 0.801. The molecule has 1 aliphatic rings. The zero-order valence-electron chi connectivity index (χ0n) is 9.13. The topological polar surface area (TPSA) is 38.3 Å². The SMILES string of the molecule is CC1(Cc2cccc(I)c2)COCC(=O)N1. The summed E-state index contributed by atoms with van der Waals surface area (Å²) in [7, 11) is 0. The predicted octanol–water partition coefficient (Wildman–Crippen LogP) is 1.74. The van der Waals surface area contributed by atoms with Crippen molar-refractivity contribution in [1.82, 2.24) is 5.32 Å². The van der Waals surface area contributed by atoms with Crippen molar-refractivity contribution < 1.29 is 9.53 Å². The number of hydrogen-bond acceptors (Lipinski definition) is 2. The molecule has 1 amide bonds. The van der Waals surface area contributed by atoms with E-state index in [9.17, 15) is 4.79 Å². The molecule has 3 nitrogen and oxygen atoms in total. The lowest BCUT2D eigenvalue weighted by molar-refractivity contribution is -0.134. The number of carbonyl (C=O) groups is 1. The molecule has 1 aromatic rings. The van der Waals surface area contributed by atoms with Crippen LogP contribution in [0.2, 0.25) is 0 Å². The summed E-state index contributed by atoms with van der Waals surface area (Å²) in [5, 5.41) is 2.99. The summed E-state index contributed by atoms with van der Waals surface area (Å²) >= 11 is 2.29. The molecular formula is C12H14INO2. The Morgan fingerprint density at radius 3 is 3.06 bits per heavy atom. The first-order chi connectivity index (χ1) is 7.57. The number of ether oxygens (including phenoxy) is 1. The maximum absolute atomic E-state index is 11.3. The average Bonchev–Trinajstić information content (AvgIpc) is 2.16. The molecule has 0 aromatic heterocycles. The maximum Gasteiger partial charge on any atom is 0.246 e. The molecular weight excluding hydrogens is 317 g/mol. The van der Waals surface area contributed by atoms with Gasteiger partial charge in [0, 0.05) is 3.57 Å². The maximum atomic E-state index is 11.3. The van der Waals surface area contributed by atoms with Crippen LogP contribution in [-0.4, -0.2) is 24.7 Å². The normalized spacial score (nSPS) is 25.2. The van der Waals surface area contributed by atoms with Crippen molar-refractivity contribution in [2.24, 2.45) is 0 Å². The second-order valence-electron chi connectivity index (χ2n) is 4.41. The Morgan fingerprint density at radius 2 is 2.38 bits per heavy atom. The minimum atomic E-state index is -0.278. The molecule has 1 atom stereocenters. The van der Waals surface area contributed by atoms with Crippen LogP contribution in [0, 0.1) is 3.57 Å². The molecule has 1 unspecified atom stereocenters. The van der Waals surface area contributed by atoms with Gasteiger partial charge in [-0.25, -0.2) is 0 Å². The Kier molecular flexibility index (Phi) is 3.49. The fourth-order valence-corrected chi connectivity index (χ4v) is 2.58. The van der Waals surface area contributed by atoms with Crippen LogP contribution in [0.5, 0.6) is 0 Å². The number of morpholine rings is 1. The van der Waals surface area contributed by atoms with E-state index in [1.54, 1.807) is 0 Å². The smallest absolute Gasteiger partial charge is 0.246 e. The third-order valence-corrected chi connectivity index (χ3v) is 3.25. The van der Waals surface area contributed by atoms with Crippen molar-refractivity contribution in [2.75, 3.05) is 13.2 Å². The zero-order chi connectivity index (χ0) is 11.6. The van der Waals surface area contributed by atoms with Crippen LogP contribution in [-0.2, 0) is 16.0 Å². The molecule has 1 aliphatic heterocycles. The van der Waals surface area contributed by atoms with Gasteiger partial charge in [0.05, 0.1) is 12.1 Å². The fraction of sp³-hybridized carbons (Fsp3) is 0.417. The van der Waals surface area contributed by atoms with Crippen molar-refractivity contribution >= 4 is 28.5 Å². The monoisotopic (exact) mass is 331 g/mol. The largest absolute Gasteiger partial charge is 0.369 e. The summed E-state index contributed by atoms with van der Waals surface area (Å²) in [4.78, 5) is 11.3. The van der Waals surface area contributed by atoms with Gasteiger partial charge < -0.3 is 10.1 Å². The lowest BCUT2D eigenvalue weighted by Gasteiger charge is -2.34. The standard InChI is InChI=1S/C12H14INO2/c1-12(8-16-7-11(15)14-12)6-9-3-2-4-10(13)5-9/h2-5H,6-8H2,1H3,(H,14,15). The van der Waals surface area contributed by atoms with Crippen LogP contribution in [0.15, 0.2) is 24.3 Å². The number of amides is 1. The van der Waals surface area contributed by atoms with Gasteiger partial charge >= 0.3 is 0 Å². The minimum Gasteiger partial charge on any atom is -0.369 e. The number of rotatable bonds is 2. The molecule has 1 heterocycles. The Hall–Kier alpha value is -0.620. The average molecular weight is 331 g/mol. The molecule has 0 radical (unpaired) electrons. The third-order valence-electron chi connectivity index (χ3n) is 2.58. The van der Waals surface area contributed by atoms with Gasteiger partial charge in [-0.2, -0.15) is 0 Å². The van der Waals surface area contributed by atoms with Crippen LogP contribution in [0.25, 0.3) is 0 Å². The van der Waals surface area contributed by atoms with Gasteiger partial charge in [0.1, 0.15) is 6.61 Å². The summed E-state index contributed by atoms with van der Waals surface area (Å²) in [6.45, 7) is 2.77. The van der Waals surface area contributed by atoms with Crippen LogP contribution in [0.3, 0.4) is 0 Å². The number of nitrogens with one attached hydrogen (secondary N) is 1. The van der Waals surface area contributed by atoms with Crippen molar-refractivity contribution in [1.29, 1.82) is 0 Å². The first kappa shape index (κ1) is 11.9. The molecule has 86 valence electrons. The minimum absolute atomic E-state index is 0.0284. The van der Waals surface area contributed by atoms with Gasteiger partial charge in [-0.1, -0.05) is 12.1 Å². The molecule has 0 saturated carbocycles. The number of hydrogen-bond donors (Lipinski definition) is 1. The highest BCUT2D eigenvalue weighted by Gasteiger charge is 2.31. The Bertz CT molecular complexity index is 408. The van der Waals surface area contributed by atoms with Crippen LogP contribution >= 0.6 is 22.6 Å². The molecule has 1 N–H and O–H groups in total. The zero-order valence-corrected chi connectivity index (χ0v) is 11.3. The second-order valence-corrected chi connectivity index (χ2v) is 5.65. The third kappa shape index (κ3) is 2.95. The molecule has 1 aromatic carbocycles. The second kappa shape index (κ2) is 4.71. The van der Waals surface area contributed by atoms with E-state index in [1.807, 2.05) is 13.0 Å². The highest BCUT2D eigenvalue weighted by atomic mass is 127. The molecule has 1 fully saturated rings. The summed E-state index contributed by atoms with van der Waals surface area (Å²) < 4.78 is 6.50. The quantitative estimate of drug-likeness (QED) is 0.839. The first-order valence-electron chi connectivity index (χ1n) is 5.21. The van der Waals surface area contributed by atoms with Crippen molar-refractivity contribution in [3.05, 3.63) is 33.4 Å². The van der Waals surface area contributed by atoms with E-state index in [0.717, 1.165) is 6.42 Å². The molecule has 2 rings (SSSR count). The van der Waals surface area contributed by atoms with Crippen LogP contribution < -0.4 is 5.32 Å². The molecule has 4 heteroatoms. The summed E-state index contributed by atoms with van der Waals surface area (Å²) in [5.41, 5.74) is 0.944. The lowest BCUT2D eigenvalue weighted by atomic mass is 9.93. The molecule has 1 saturated heterocycles. The van der Waals surface area contributed by atoms with Gasteiger partial charge in [0.15, 0.2) is 0 Å². The van der Waals surface area contributed by atoms with Gasteiger partial charge in [-0.3, -0.25) is 4.79 Å². The van der Waals surface area contributed by atoms with E-state index in [0.29, 0.717) is 6.61 Å².